The second kappa shape index (κ2) is 10.0. The maximum atomic E-state index is 12.5. The van der Waals surface area contributed by atoms with Crippen molar-refractivity contribution in [2.24, 2.45) is 0 Å². The molecule has 24 heavy (non-hydrogen) atoms. The first-order chi connectivity index (χ1) is 11.3. The van der Waals surface area contributed by atoms with Crippen molar-refractivity contribution in [2.75, 3.05) is 45.8 Å². The lowest BCUT2D eigenvalue weighted by Crippen LogP contribution is -3.00. The van der Waals surface area contributed by atoms with Gasteiger partial charge in [0.2, 0.25) is 5.91 Å². The number of hydrogen-bond acceptors (Lipinski definition) is 3. The maximum absolute atomic E-state index is 12.5. The molecule has 0 aliphatic carbocycles. The summed E-state index contributed by atoms with van der Waals surface area (Å²) in [5.41, 5.74) is 1.38. The van der Waals surface area contributed by atoms with Gasteiger partial charge in [-0.25, -0.2) is 0 Å². The van der Waals surface area contributed by atoms with Crippen LogP contribution in [0.3, 0.4) is 0 Å². The third kappa shape index (κ3) is 5.76. The first kappa shape index (κ1) is 19.2. The van der Waals surface area contributed by atoms with E-state index in [4.69, 9.17) is 0 Å². The SMILES string of the molecule is O=C(CN1CCN(Cc2ccccc2)CC1)N1CCCCCC1.[Cl-]. The molecule has 3 rings (SSSR count). The minimum Gasteiger partial charge on any atom is -1.00 e. The molecular formula is C19H29ClN3O-. The highest BCUT2D eigenvalue weighted by Crippen LogP contribution is 2.12. The van der Waals surface area contributed by atoms with Crippen molar-refractivity contribution in [3.05, 3.63) is 35.9 Å². The number of carbonyl (C=O) groups excluding carboxylic acids is 1. The Kier molecular flexibility index (Phi) is 8.03. The van der Waals surface area contributed by atoms with Crippen molar-refractivity contribution < 1.29 is 17.2 Å². The first-order valence-electron chi connectivity index (χ1n) is 9.08. The van der Waals surface area contributed by atoms with Crippen LogP contribution in [0.15, 0.2) is 30.3 Å². The molecule has 5 heteroatoms. The topological polar surface area (TPSA) is 26.8 Å². The Bertz CT molecular complexity index is 481. The van der Waals surface area contributed by atoms with E-state index in [9.17, 15) is 4.79 Å². The van der Waals surface area contributed by atoms with Gasteiger partial charge in [-0.3, -0.25) is 14.6 Å². The molecule has 2 fully saturated rings. The lowest BCUT2D eigenvalue weighted by molar-refractivity contribution is -0.132. The van der Waals surface area contributed by atoms with Crippen molar-refractivity contribution >= 4 is 5.91 Å². The normalized spacial score (nSPS) is 20.2. The van der Waals surface area contributed by atoms with E-state index in [1.807, 2.05) is 0 Å². The van der Waals surface area contributed by atoms with Gasteiger partial charge in [0.05, 0.1) is 6.54 Å². The highest BCUT2D eigenvalue weighted by molar-refractivity contribution is 5.78. The van der Waals surface area contributed by atoms with E-state index in [1.165, 1.54) is 31.2 Å². The number of piperazine rings is 1. The standard InChI is InChI=1S/C19H29N3O.ClH/c23-19(22-10-6-1-2-7-11-22)17-21-14-12-20(13-15-21)16-18-8-4-3-5-9-18;/h3-5,8-9H,1-2,6-7,10-17H2;1H/p-1. The summed E-state index contributed by atoms with van der Waals surface area (Å²) in [6.07, 6.45) is 4.91. The van der Waals surface area contributed by atoms with Gasteiger partial charge in [-0.05, 0) is 18.4 Å². The zero-order valence-corrected chi connectivity index (χ0v) is 15.3. The molecule has 1 aromatic carbocycles. The Labute approximate surface area is 152 Å². The van der Waals surface area contributed by atoms with Gasteiger partial charge in [0.15, 0.2) is 0 Å². The summed E-state index contributed by atoms with van der Waals surface area (Å²) in [6, 6.07) is 10.7. The van der Waals surface area contributed by atoms with E-state index in [2.05, 4.69) is 45.0 Å². The van der Waals surface area contributed by atoms with Crippen LogP contribution >= 0.6 is 0 Å². The number of amides is 1. The summed E-state index contributed by atoms with van der Waals surface area (Å²) >= 11 is 0. The molecule has 2 heterocycles. The van der Waals surface area contributed by atoms with Gasteiger partial charge in [0.25, 0.3) is 0 Å². The Morgan fingerprint density at radius 2 is 1.38 bits per heavy atom. The second-order valence-corrected chi connectivity index (χ2v) is 6.83. The van der Waals surface area contributed by atoms with Gasteiger partial charge in [-0.1, -0.05) is 43.2 Å². The minimum absolute atomic E-state index is 0. The molecule has 0 radical (unpaired) electrons. The molecule has 1 aromatic rings. The quantitative estimate of drug-likeness (QED) is 0.712. The van der Waals surface area contributed by atoms with Crippen molar-refractivity contribution in [3.8, 4) is 0 Å². The third-order valence-corrected chi connectivity index (χ3v) is 5.03. The van der Waals surface area contributed by atoms with Crippen molar-refractivity contribution in [1.29, 1.82) is 0 Å². The zero-order chi connectivity index (χ0) is 15.9. The summed E-state index contributed by atoms with van der Waals surface area (Å²) in [4.78, 5) is 19.4. The van der Waals surface area contributed by atoms with E-state index in [-0.39, 0.29) is 12.4 Å². The summed E-state index contributed by atoms with van der Waals surface area (Å²) in [5.74, 6) is 0.336. The predicted molar refractivity (Wildman–Crippen MR) is 93.2 cm³/mol. The minimum atomic E-state index is 0. The number of hydrogen-bond donors (Lipinski definition) is 0. The van der Waals surface area contributed by atoms with Crippen LogP contribution in [0.2, 0.25) is 0 Å². The van der Waals surface area contributed by atoms with E-state index in [0.717, 1.165) is 45.8 Å². The summed E-state index contributed by atoms with van der Waals surface area (Å²) in [7, 11) is 0. The van der Waals surface area contributed by atoms with Crippen LogP contribution in [0.5, 0.6) is 0 Å². The lowest BCUT2D eigenvalue weighted by atomic mass is 10.2. The summed E-state index contributed by atoms with van der Waals surface area (Å²) < 4.78 is 0. The molecule has 0 aromatic heterocycles. The lowest BCUT2D eigenvalue weighted by Gasteiger charge is -2.35. The molecule has 134 valence electrons. The van der Waals surface area contributed by atoms with Gasteiger partial charge in [0.1, 0.15) is 0 Å². The molecule has 0 spiro atoms. The monoisotopic (exact) mass is 350 g/mol. The molecular weight excluding hydrogens is 322 g/mol. The largest absolute Gasteiger partial charge is 1.00 e. The molecule has 0 saturated carbocycles. The number of halogens is 1. The Morgan fingerprint density at radius 3 is 2.00 bits per heavy atom. The maximum Gasteiger partial charge on any atom is 0.236 e. The number of benzene rings is 1. The van der Waals surface area contributed by atoms with Crippen LogP contribution < -0.4 is 12.4 Å². The molecule has 2 aliphatic heterocycles. The van der Waals surface area contributed by atoms with Crippen molar-refractivity contribution in [3.63, 3.8) is 0 Å². The first-order valence-corrected chi connectivity index (χ1v) is 9.08. The average molecular weight is 351 g/mol. The van der Waals surface area contributed by atoms with Crippen LogP contribution in [-0.2, 0) is 11.3 Å². The van der Waals surface area contributed by atoms with Crippen LogP contribution in [0, 0.1) is 0 Å². The van der Waals surface area contributed by atoms with E-state index < -0.39 is 0 Å². The van der Waals surface area contributed by atoms with E-state index >= 15 is 0 Å². The van der Waals surface area contributed by atoms with Crippen LogP contribution in [-0.4, -0.2) is 66.4 Å². The van der Waals surface area contributed by atoms with Crippen LogP contribution in [0.4, 0.5) is 0 Å². The smallest absolute Gasteiger partial charge is 0.236 e. The number of rotatable bonds is 4. The van der Waals surface area contributed by atoms with Gasteiger partial charge in [0, 0.05) is 45.8 Å². The highest BCUT2D eigenvalue weighted by Gasteiger charge is 2.22. The molecule has 2 saturated heterocycles. The number of nitrogens with zero attached hydrogens (tertiary/aromatic N) is 3. The van der Waals surface area contributed by atoms with Gasteiger partial charge < -0.3 is 17.3 Å². The molecule has 1 amide bonds. The Balaban J connectivity index is 0.00000208. The van der Waals surface area contributed by atoms with Crippen molar-refractivity contribution in [2.45, 2.75) is 32.2 Å². The average Bonchev–Trinajstić information content (AvgIpc) is 2.87. The van der Waals surface area contributed by atoms with Gasteiger partial charge in [-0.2, -0.15) is 0 Å². The van der Waals surface area contributed by atoms with Gasteiger partial charge >= 0.3 is 0 Å². The van der Waals surface area contributed by atoms with Gasteiger partial charge in [-0.15, -0.1) is 0 Å². The van der Waals surface area contributed by atoms with Crippen LogP contribution in [0.25, 0.3) is 0 Å². The fourth-order valence-corrected chi connectivity index (χ4v) is 3.56. The van der Waals surface area contributed by atoms with E-state index in [0.29, 0.717) is 12.5 Å². The zero-order valence-electron chi connectivity index (χ0n) is 14.5. The molecule has 4 nitrogen and oxygen atoms in total. The number of likely N-dealkylation sites (tertiary alicyclic amines) is 1. The fourth-order valence-electron chi connectivity index (χ4n) is 3.56. The molecule has 0 bridgehead atoms. The van der Waals surface area contributed by atoms with Crippen molar-refractivity contribution in [1.82, 2.24) is 14.7 Å². The van der Waals surface area contributed by atoms with E-state index in [1.54, 1.807) is 0 Å². The summed E-state index contributed by atoms with van der Waals surface area (Å²) in [6.45, 7) is 7.69. The summed E-state index contributed by atoms with van der Waals surface area (Å²) in [5, 5.41) is 0. The molecule has 2 aliphatic rings. The highest BCUT2D eigenvalue weighted by atomic mass is 35.5. The molecule has 0 unspecified atom stereocenters. The second-order valence-electron chi connectivity index (χ2n) is 6.83. The fraction of sp³-hybridized carbons (Fsp3) is 0.632. The number of carbonyl (C=O) groups is 1. The van der Waals surface area contributed by atoms with Crippen LogP contribution in [0.1, 0.15) is 31.2 Å². The third-order valence-electron chi connectivity index (χ3n) is 5.03. The predicted octanol–water partition coefficient (Wildman–Crippen LogP) is -0.789. The Hall–Kier alpha value is -1.10. The molecule has 0 atom stereocenters. The Morgan fingerprint density at radius 1 is 0.792 bits per heavy atom. The molecule has 0 N–H and O–H groups in total.